The first-order valence-electron chi connectivity index (χ1n) is 30.1. The van der Waals surface area contributed by atoms with E-state index in [0.717, 1.165) is 92.0 Å². The summed E-state index contributed by atoms with van der Waals surface area (Å²) in [5.41, 5.74) is -18.6. The average Bonchev–Trinajstić information content (AvgIpc) is 0.850. The van der Waals surface area contributed by atoms with Crippen LogP contribution in [0, 0.1) is 58.2 Å². The van der Waals surface area contributed by atoms with Crippen molar-refractivity contribution in [3.05, 3.63) is 98.9 Å². The minimum absolute atomic E-state index is 0. The predicted molar refractivity (Wildman–Crippen MR) is 329 cm³/mol. The van der Waals surface area contributed by atoms with Crippen LogP contribution in [0.5, 0.6) is 0 Å². The number of nitrogens with zero attached hydrogens (tertiary/aromatic N) is 4. The third-order valence-electron chi connectivity index (χ3n) is 20.0. The van der Waals surface area contributed by atoms with Gasteiger partial charge in [0.05, 0.1) is 19.0 Å². The zero-order valence-electron chi connectivity index (χ0n) is 53.2. The van der Waals surface area contributed by atoms with E-state index in [4.69, 9.17) is 13.9 Å². The summed E-state index contributed by atoms with van der Waals surface area (Å²) in [6.07, 6.45) is 4.00. The highest BCUT2D eigenvalue weighted by Crippen LogP contribution is 2.51. The Morgan fingerprint density at radius 3 is 1.01 bits per heavy atom. The van der Waals surface area contributed by atoms with Crippen LogP contribution in [0.4, 0.5) is 0 Å². The molecule has 0 radical (unpaired) electrons. The molecule has 1 aromatic heterocycles. The third-order valence-corrected chi connectivity index (χ3v) is 20.6. The first kappa shape index (κ1) is 80.0. The lowest BCUT2D eigenvalue weighted by molar-refractivity contribution is -0.565. The van der Waals surface area contributed by atoms with Gasteiger partial charge in [-0.3, -0.25) is 78.8 Å². The van der Waals surface area contributed by atoms with Crippen molar-refractivity contribution in [2.24, 2.45) is 17.8 Å². The van der Waals surface area contributed by atoms with Crippen LogP contribution < -0.4 is 0 Å². The molecule has 8 N–H and O–H groups in total. The number of ether oxygens (including phenoxy) is 2. The lowest BCUT2D eigenvalue weighted by Gasteiger charge is -2.47. The Balaban J connectivity index is 0.000000266. The van der Waals surface area contributed by atoms with Crippen molar-refractivity contribution in [1.82, 2.24) is 0 Å². The van der Waals surface area contributed by atoms with Crippen LogP contribution >= 0.6 is 15.9 Å². The maximum atomic E-state index is 12.0. The van der Waals surface area contributed by atoms with Crippen LogP contribution in [0.25, 0.3) is 0 Å². The minimum atomic E-state index is -2.46. The Hall–Kier alpha value is -6.46. The van der Waals surface area contributed by atoms with E-state index in [-0.39, 0.29) is 77.2 Å². The number of rotatable bonds is 16. The molecule has 31 nitrogen and oxygen atoms in total. The average molecular weight is 1400 g/mol. The van der Waals surface area contributed by atoms with Gasteiger partial charge in [0.2, 0.25) is 0 Å². The molecule has 524 valence electrons. The normalized spacial score (nSPS) is 36.9. The van der Waals surface area contributed by atoms with Crippen molar-refractivity contribution in [2.75, 3.05) is 6.61 Å². The fourth-order valence-corrected chi connectivity index (χ4v) is 15.1. The highest BCUT2D eigenvalue weighted by Gasteiger charge is 2.72. The highest BCUT2D eigenvalue weighted by molar-refractivity contribution is 9.10. The second-order valence-corrected chi connectivity index (χ2v) is 27.4. The smallest absolute Gasteiger partial charge is 0.283 e. The van der Waals surface area contributed by atoms with Crippen molar-refractivity contribution in [2.45, 2.75) is 253 Å². The first-order valence-corrected chi connectivity index (χ1v) is 30.9. The molecule has 0 amide bonds. The Bertz CT molecular complexity index is 3110. The summed E-state index contributed by atoms with van der Waals surface area (Å²) in [6.45, 7) is 11.8. The number of ketones is 8. The quantitative estimate of drug-likeness (QED) is 0.0875. The summed E-state index contributed by atoms with van der Waals surface area (Å²) in [7, 11) is 0. The Morgan fingerprint density at radius 2 is 0.745 bits per heavy atom. The molecule has 6 fully saturated rings. The summed E-state index contributed by atoms with van der Waals surface area (Å²) in [5.74, 6) is -9.22. The number of aliphatic hydroxyl groups is 8. The van der Waals surface area contributed by atoms with E-state index < -0.39 is 165 Å². The molecule has 94 heavy (non-hydrogen) atoms. The molecule has 1 aliphatic heterocycles. The van der Waals surface area contributed by atoms with E-state index in [1.54, 1.807) is 50.2 Å². The Labute approximate surface area is 549 Å². The molecule has 1 saturated heterocycles. The van der Waals surface area contributed by atoms with Gasteiger partial charge in [0.15, 0.2) is 96.9 Å². The zero-order valence-corrected chi connectivity index (χ0v) is 54.8. The number of hydrogen-bond donors (Lipinski definition) is 8. The number of nitro groups is 4. The van der Waals surface area contributed by atoms with Gasteiger partial charge >= 0.3 is 0 Å². The van der Waals surface area contributed by atoms with Crippen molar-refractivity contribution in [3.63, 3.8) is 0 Å². The summed E-state index contributed by atoms with van der Waals surface area (Å²) < 4.78 is 17.2. The third kappa shape index (κ3) is 15.7. The Kier molecular flexibility index (Phi) is 25.1. The molecule has 1 aromatic carbocycles. The van der Waals surface area contributed by atoms with Crippen LogP contribution in [0.15, 0.2) is 51.6 Å². The van der Waals surface area contributed by atoms with Crippen LogP contribution in [0.1, 0.15) is 183 Å². The number of carbonyl (C=O) groups excluding carboxylic acids is 8. The van der Waals surface area contributed by atoms with Crippen LogP contribution in [0.2, 0.25) is 0 Å². The molecule has 0 bridgehead atoms. The molecule has 2 heterocycles. The molecule has 2 aromatic rings. The topological polar surface area (TPSA) is 503 Å². The van der Waals surface area contributed by atoms with Gasteiger partial charge in [-0.15, -0.1) is 0 Å². The number of halogens is 1. The fourth-order valence-electron chi connectivity index (χ4n) is 14.8. The van der Waals surface area contributed by atoms with Crippen LogP contribution in [0.3, 0.4) is 0 Å². The van der Waals surface area contributed by atoms with E-state index in [9.17, 15) is 120 Å². The van der Waals surface area contributed by atoms with Crippen molar-refractivity contribution >= 4 is 62.2 Å². The maximum Gasteiger partial charge on any atom is 0.283 e. The van der Waals surface area contributed by atoms with E-state index in [1.165, 1.54) is 6.26 Å². The monoisotopic (exact) mass is 1400 g/mol. The van der Waals surface area contributed by atoms with Gasteiger partial charge in [-0.25, -0.2) is 0 Å². The summed E-state index contributed by atoms with van der Waals surface area (Å²) in [4.78, 5) is 138. The first-order chi connectivity index (χ1) is 42.6. The SMILES string of the molecule is C.CC(=O)[C@]1(O)CC(C2CCCCC2)C[C@](O)(C(C)=O)C1[N+](=O)[O-].CC(=O)[C@]1(O)CC([C@H]2COC(C)(C)O2)C[C@](O)(C(C)=O)C1[N+](=O)[O-].CC(=O)[C@]1(O)CC(c2ccc(Br)cc2)C[C@](O)(C(C)=O)C1[N+](=O)[O-].CC(=O)[C@]1(O)CC(c2ccco2)C[C@](O)(C(C)=O)C1[N+](=O)[O-]. The number of Topliss-reactive ketones (excluding diaryl/α,β-unsaturated/α-hetero) is 8. The molecule has 8 rings (SSSR count). The lowest BCUT2D eigenvalue weighted by atomic mass is 9.59. The lowest BCUT2D eigenvalue weighted by Crippen LogP contribution is -2.70. The molecule has 5 aliphatic carbocycles. The molecule has 0 spiro atoms. The number of benzene rings is 1. The van der Waals surface area contributed by atoms with Gasteiger partial charge in [-0.05, 0) is 161 Å². The van der Waals surface area contributed by atoms with Gasteiger partial charge in [0.1, 0.15) is 5.76 Å². The predicted octanol–water partition coefficient (Wildman–Crippen LogP) is 3.79. The molecular formula is C62H87BrN4O27. The van der Waals surface area contributed by atoms with Crippen molar-refractivity contribution in [3.8, 4) is 0 Å². The van der Waals surface area contributed by atoms with E-state index >= 15 is 0 Å². The van der Waals surface area contributed by atoms with E-state index in [2.05, 4.69) is 15.9 Å². The summed E-state index contributed by atoms with van der Waals surface area (Å²) >= 11 is 3.29. The van der Waals surface area contributed by atoms with E-state index in [1.807, 2.05) is 0 Å². The Morgan fingerprint density at radius 1 is 0.447 bits per heavy atom. The largest absolute Gasteiger partial charge is 0.469 e. The molecule has 5 saturated carbocycles. The van der Waals surface area contributed by atoms with E-state index in [0.29, 0.717) is 11.3 Å². The molecule has 6 aliphatic rings. The van der Waals surface area contributed by atoms with Crippen molar-refractivity contribution < 1.29 is 113 Å². The zero-order chi connectivity index (χ0) is 70.9. The molecular weight excluding hydrogens is 1310 g/mol. The van der Waals surface area contributed by atoms with Crippen molar-refractivity contribution in [1.29, 1.82) is 0 Å². The summed E-state index contributed by atoms with van der Waals surface area (Å²) in [6, 6.07) is 1.75. The second kappa shape index (κ2) is 29.5. The second-order valence-electron chi connectivity index (χ2n) is 26.5. The van der Waals surface area contributed by atoms with Gasteiger partial charge < -0.3 is 54.7 Å². The van der Waals surface area contributed by atoms with Gasteiger partial charge in [0, 0.05) is 42.9 Å². The molecule has 8 unspecified atom stereocenters. The molecule has 32 heteroatoms. The van der Waals surface area contributed by atoms with Gasteiger partial charge in [-0.2, -0.15) is 0 Å². The maximum absolute atomic E-state index is 12.0. The van der Waals surface area contributed by atoms with Crippen LogP contribution in [-0.2, 0) is 47.8 Å². The fraction of sp³-hybridized carbons (Fsp3) is 0.710. The van der Waals surface area contributed by atoms with Crippen LogP contribution in [-0.4, -0.2) is 194 Å². The highest BCUT2D eigenvalue weighted by atomic mass is 79.9. The minimum Gasteiger partial charge on any atom is -0.469 e. The number of furan rings is 1. The number of carbonyl (C=O) groups is 8. The molecule has 17 atom stereocenters. The number of hydrogen-bond acceptors (Lipinski definition) is 27. The summed E-state index contributed by atoms with van der Waals surface area (Å²) in [5, 5.41) is 131. The van der Waals surface area contributed by atoms with Gasteiger partial charge in [0.25, 0.3) is 24.2 Å². The standard InChI is InChI=1S/C16H18BrNO6.C16H25NO6.C15H23NO8.C14H17NO7.CH4/c1-9(19)15(21)7-12(11-3-5-13(17)6-4-11)8-16(22,10(2)20)14(15)18(23)24;1-10(18)15(20)8-13(12-6-4-3-5-7-12)9-16(21,11(2)19)14(15)17(22)23;1-8(17)14(19)5-10(11-7-23-13(3,4)24-11)6-15(20,9(2)18)12(14)16(21)22;1-8(16)13(18)6-10(11-4-3-5-22-11)7-14(19,9(2)17)12(13)15(20)21;/h3-6,12,14,21-22H,7-8H2,1-2H3;12-14,20-21H,3-9H2,1-2H3;10-12,19-20H,5-7H2,1-4H3;3-5,10,12,18-19H,6-7H2,1-2H3;1H4/t12?,14?,15-,16+;13?,14?,15-,16+;10?,11-,12?,14-,15+;10?,12?,13-,14+;/m..1../s1. The van der Waals surface area contributed by atoms with Gasteiger partial charge in [-0.1, -0.05) is 67.6 Å².